The minimum Gasteiger partial charge on any atom is -0.361 e. The van der Waals surface area contributed by atoms with Gasteiger partial charge in [0, 0.05) is 27.9 Å². The molecule has 0 saturated heterocycles. The first-order valence-corrected chi connectivity index (χ1v) is 10.4. The molecule has 0 radical (unpaired) electrons. The van der Waals surface area contributed by atoms with E-state index in [0.29, 0.717) is 30.7 Å². The van der Waals surface area contributed by atoms with E-state index in [1.54, 1.807) is 17.4 Å². The first-order valence-electron chi connectivity index (χ1n) is 9.63. The molecule has 0 saturated carbocycles. The fourth-order valence-electron chi connectivity index (χ4n) is 3.41. The van der Waals surface area contributed by atoms with E-state index in [1.807, 2.05) is 26.0 Å². The van der Waals surface area contributed by atoms with E-state index in [1.165, 1.54) is 12.1 Å². The summed E-state index contributed by atoms with van der Waals surface area (Å²) in [6.45, 7) is 4.32. The summed E-state index contributed by atoms with van der Waals surface area (Å²) in [6, 6.07) is 8.45. The van der Waals surface area contributed by atoms with E-state index in [2.05, 4.69) is 10.5 Å². The first-order chi connectivity index (χ1) is 14.4. The van der Waals surface area contributed by atoms with Crippen LogP contribution in [0, 0.1) is 31.0 Å². The Morgan fingerprint density at radius 2 is 2.20 bits per heavy atom. The summed E-state index contributed by atoms with van der Waals surface area (Å²) in [5, 5.41) is 15.7. The smallest absolute Gasteiger partial charge is 0.207 e. The van der Waals surface area contributed by atoms with Gasteiger partial charge in [-0.2, -0.15) is 5.26 Å². The van der Waals surface area contributed by atoms with Crippen molar-refractivity contribution in [2.24, 2.45) is 5.73 Å². The normalized spacial score (nSPS) is 11.8. The molecule has 0 aliphatic carbocycles. The van der Waals surface area contributed by atoms with Crippen LogP contribution < -0.4 is 11.1 Å². The van der Waals surface area contributed by atoms with Crippen molar-refractivity contribution in [3.63, 3.8) is 0 Å². The molecule has 0 bridgehead atoms. The lowest BCUT2D eigenvalue weighted by molar-refractivity contribution is -0.109. The van der Waals surface area contributed by atoms with Gasteiger partial charge in [0.15, 0.2) is 0 Å². The molecule has 30 heavy (non-hydrogen) atoms. The third kappa shape index (κ3) is 4.75. The minimum atomic E-state index is -0.549. The third-order valence-corrected chi connectivity index (χ3v) is 6.06. The number of aromatic nitrogens is 1. The van der Waals surface area contributed by atoms with E-state index < -0.39 is 5.82 Å². The molecule has 3 aromatic rings. The predicted octanol–water partition coefficient (Wildman–Crippen LogP) is 4.09. The van der Waals surface area contributed by atoms with E-state index in [-0.39, 0.29) is 11.6 Å². The van der Waals surface area contributed by atoms with E-state index in [0.717, 1.165) is 39.4 Å². The average Bonchev–Trinajstić information content (AvgIpc) is 3.27. The lowest BCUT2D eigenvalue weighted by Crippen LogP contribution is -2.24. The lowest BCUT2D eigenvalue weighted by Gasteiger charge is -2.09. The van der Waals surface area contributed by atoms with Crippen molar-refractivity contribution in [2.45, 2.75) is 39.2 Å². The summed E-state index contributed by atoms with van der Waals surface area (Å²) in [4.78, 5) is 12.4. The zero-order chi connectivity index (χ0) is 21.7. The van der Waals surface area contributed by atoms with Crippen LogP contribution in [0.25, 0.3) is 21.6 Å². The number of nitrogens with zero attached hydrogens (tertiary/aromatic N) is 2. The van der Waals surface area contributed by atoms with Crippen molar-refractivity contribution in [2.75, 3.05) is 6.54 Å². The number of halogens is 1. The maximum Gasteiger partial charge on any atom is 0.207 e. The Bertz CT molecular complexity index is 1060. The van der Waals surface area contributed by atoms with Gasteiger partial charge in [0.05, 0.1) is 16.8 Å². The third-order valence-electron chi connectivity index (χ3n) is 4.89. The molecule has 0 aliphatic rings. The van der Waals surface area contributed by atoms with Crippen LogP contribution >= 0.6 is 11.3 Å². The Labute approximate surface area is 178 Å². The molecule has 0 spiro atoms. The maximum absolute atomic E-state index is 14.3. The van der Waals surface area contributed by atoms with Crippen molar-refractivity contribution in [3.8, 4) is 27.6 Å². The zero-order valence-corrected chi connectivity index (χ0v) is 17.7. The van der Waals surface area contributed by atoms with Crippen LogP contribution in [-0.4, -0.2) is 24.2 Å². The highest BCUT2D eigenvalue weighted by atomic mass is 32.1. The standard InChI is InChI=1S/C22H23FN4O2S/c1-13-21(14(2)29-27-13)22-19(15-5-6-16(11-24)20(23)8-15)10-18(30-22)9-17(25)4-3-7-26-12-28/h5-6,8,10,12,17H,3-4,7,9,25H2,1-2H3,(H,26,28). The number of nitrogens with one attached hydrogen (secondary N) is 1. The highest BCUT2D eigenvalue weighted by Crippen LogP contribution is 2.42. The molecule has 0 fully saturated rings. The van der Waals surface area contributed by atoms with E-state index in [9.17, 15) is 9.18 Å². The van der Waals surface area contributed by atoms with Gasteiger partial charge in [-0.25, -0.2) is 4.39 Å². The number of hydrogen-bond donors (Lipinski definition) is 2. The summed E-state index contributed by atoms with van der Waals surface area (Å²) >= 11 is 1.59. The molecule has 1 aromatic carbocycles. The molecular formula is C22H23FN4O2S. The van der Waals surface area contributed by atoms with Gasteiger partial charge in [0.1, 0.15) is 17.6 Å². The number of aryl methyl sites for hydroxylation is 2. The molecule has 0 aliphatic heterocycles. The van der Waals surface area contributed by atoms with Crippen LogP contribution in [0.2, 0.25) is 0 Å². The summed E-state index contributed by atoms with van der Waals surface area (Å²) in [6.07, 6.45) is 2.93. The molecule has 2 heterocycles. The van der Waals surface area contributed by atoms with Gasteiger partial charge in [-0.1, -0.05) is 11.2 Å². The molecule has 1 amide bonds. The van der Waals surface area contributed by atoms with Gasteiger partial charge in [-0.05, 0) is 56.9 Å². The summed E-state index contributed by atoms with van der Waals surface area (Å²) in [7, 11) is 0. The van der Waals surface area contributed by atoms with Gasteiger partial charge in [0.2, 0.25) is 6.41 Å². The van der Waals surface area contributed by atoms with Crippen LogP contribution in [0.15, 0.2) is 28.8 Å². The summed E-state index contributed by atoms with van der Waals surface area (Å²) in [5.41, 5.74) is 9.52. The molecular weight excluding hydrogens is 403 g/mol. The van der Waals surface area contributed by atoms with Crippen LogP contribution in [0.3, 0.4) is 0 Å². The van der Waals surface area contributed by atoms with Gasteiger partial charge >= 0.3 is 0 Å². The van der Waals surface area contributed by atoms with E-state index >= 15 is 0 Å². The number of carbonyl (C=O) groups excluding carboxylic acids is 1. The predicted molar refractivity (Wildman–Crippen MR) is 114 cm³/mol. The first kappa shape index (κ1) is 21.7. The van der Waals surface area contributed by atoms with Gasteiger partial charge in [-0.3, -0.25) is 4.79 Å². The fraction of sp³-hybridized carbons (Fsp3) is 0.318. The second-order valence-electron chi connectivity index (χ2n) is 7.14. The topological polar surface area (TPSA) is 105 Å². The number of thiophene rings is 1. The van der Waals surface area contributed by atoms with Gasteiger partial charge in [-0.15, -0.1) is 11.3 Å². The molecule has 3 N–H and O–H groups in total. The SMILES string of the molecule is Cc1noc(C)c1-c1sc(CC(N)CCCNC=O)cc1-c1ccc(C#N)c(F)c1. The Morgan fingerprint density at radius 3 is 2.83 bits per heavy atom. The van der Waals surface area contributed by atoms with Crippen molar-refractivity contribution < 1.29 is 13.7 Å². The number of nitriles is 1. The number of benzene rings is 1. The Morgan fingerprint density at radius 1 is 1.40 bits per heavy atom. The van der Waals surface area contributed by atoms with E-state index in [4.69, 9.17) is 15.5 Å². The zero-order valence-electron chi connectivity index (χ0n) is 16.9. The molecule has 1 atom stereocenters. The van der Waals surface area contributed by atoms with Crippen molar-refractivity contribution in [3.05, 3.63) is 52.0 Å². The van der Waals surface area contributed by atoms with Crippen LogP contribution in [0.5, 0.6) is 0 Å². The highest BCUT2D eigenvalue weighted by molar-refractivity contribution is 7.16. The number of carbonyl (C=O) groups is 1. The summed E-state index contributed by atoms with van der Waals surface area (Å²) < 4.78 is 19.6. The Balaban J connectivity index is 1.95. The quantitative estimate of drug-likeness (QED) is 0.396. The Hall–Kier alpha value is -3.02. The minimum absolute atomic E-state index is 0.0130. The molecule has 3 rings (SSSR count). The number of rotatable bonds is 9. The lowest BCUT2D eigenvalue weighted by atomic mass is 9.99. The van der Waals surface area contributed by atoms with Gasteiger partial charge in [0.25, 0.3) is 0 Å². The second kappa shape index (κ2) is 9.65. The fourth-order valence-corrected chi connectivity index (χ4v) is 4.83. The average molecular weight is 427 g/mol. The van der Waals surface area contributed by atoms with Crippen molar-refractivity contribution in [1.82, 2.24) is 10.5 Å². The highest BCUT2D eigenvalue weighted by Gasteiger charge is 2.21. The summed E-state index contributed by atoms with van der Waals surface area (Å²) in [5.74, 6) is 0.146. The molecule has 2 aromatic heterocycles. The molecule has 6 nitrogen and oxygen atoms in total. The molecule has 8 heteroatoms. The number of hydrogen-bond acceptors (Lipinski definition) is 6. The van der Waals surface area contributed by atoms with Gasteiger partial charge < -0.3 is 15.6 Å². The largest absolute Gasteiger partial charge is 0.361 e. The molecule has 156 valence electrons. The Kier molecular flexibility index (Phi) is 6.98. The van der Waals surface area contributed by atoms with Crippen molar-refractivity contribution >= 4 is 17.7 Å². The molecule has 1 unspecified atom stereocenters. The number of amides is 1. The van der Waals surface area contributed by atoms with Crippen LogP contribution in [0.1, 0.15) is 34.7 Å². The second-order valence-corrected chi connectivity index (χ2v) is 8.28. The van der Waals surface area contributed by atoms with Crippen LogP contribution in [0.4, 0.5) is 4.39 Å². The number of nitrogens with two attached hydrogens (primary N) is 1. The maximum atomic E-state index is 14.3. The monoisotopic (exact) mass is 426 g/mol. The van der Waals surface area contributed by atoms with Crippen molar-refractivity contribution in [1.29, 1.82) is 5.26 Å². The van der Waals surface area contributed by atoms with Crippen LogP contribution in [-0.2, 0) is 11.2 Å².